The van der Waals surface area contributed by atoms with Gasteiger partial charge in [-0.1, -0.05) is 6.92 Å². The number of hydrogen-bond donors (Lipinski definition) is 1. The molecule has 0 bridgehead atoms. The average molecular weight is 311 g/mol. The first kappa shape index (κ1) is 15.8. The molecule has 1 aliphatic rings. The van der Waals surface area contributed by atoms with Crippen LogP contribution in [0.5, 0.6) is 0 Å². The second-order valence-electron chi connectivity index (χ2n) is 5.33. The molecule has 0 radical (unpaired) electrons. The molecule has 1 heterocycles. The highest BCUT2D eigenvalue weighted by Gasteiger charge is 2.19. The lowest BCUT2D eigenvalue weighted by atomic mass is 9.99. The number of rotatable bonds is 6. The Hall–Kier alpha value is -1.56. The Bertz CT molecular complexity index is 625. The van der Waals surface area contributed by atoms with E-state index in [2.05, 4.69) is 4.90 Å². The quantitative estimate of drug-likeness (QED) is 0.869. The van der Waals surface area contributed by atoms with Crippen LogP contribution in [0.1, 0.15) is 35.7 Å². The van der Waals surface area contributed by atoms with E-state index in [-0.39, 0.29) is 11.5 Å². The number of sulfone groups is 1. The van der Waals surface area contributed by atoms with Crippen LogP contribution in [0.3, 0.4) is 0 Å². The van der Waals surface area contributed by atoms with E-state index in [4.69, 9.17) is 5.11 Å². The number of fused-ring (bicyclic) bond motifs is 1. The van der Waals surface area contributed by atoms with Gasteiger partial charge in [-0.3, -0.25) is 0 Å². The molecule has 0 saturated carbocycles. The molecule has 0 spiro atoms. The van der Waals surface area contributed by atoms with Gasteiger partial charge < -0.3 is 10.0 Å². The van der Waals surface area contributed by atoms with Gasteiger partial charge in [-0.15, -0.1) is 0 Å². The summed E-state index contributed by atoms with van der Waals surface area (Å²) in [6, 6.07) is 5.18. The predicted octanol–water partition coefficient (Wildman–Crippen LogP) is 1.96. The van der Waals surface area contributed by atoms with E-state index in [0.717, 1.165) is 30.6 Å². The Morgan fingerprint density at radius 2 is 2.14 bits per heavy atom. The number of anilines is 1. The van der Waals surface area contributed by atoms with Crippen LogP contribution in [0.15, 0.2) is 18.2 Å². The van der Waals surface area contributed by atoms with Crippen LogP contribution in [-0.4, -0.2) is 44.1 Å². The van der Waals surface area contributed by atoms with Crippen molar-refractivity contribution in [1.82, 2.24) is 0 Å². The van der Waals surface area contributed by atoms with Crippen LogP contribution in [-0.2, 0) is 16.3 Å². The van der Waals surface area contributed by atoms with Gasteiger partial charge in [0.1, 0.15) is 9.84 Å². The second-order valence-corrected chi connectivity index (χ2v) is 7.80. The molecule has 6 heteroatoms. The summed E-state index contributed by atoms with van der Waals surface area (Å²) in [7, 11) is -2.92. The van der Waals surface area contributed by atoms with E-state index < -0.39 is 15.8 Å². The summed E-state index contributed by atoms with van der Waals surface area (Å²) in [4.78, 5) is 13.2. The van der Waals surface area contributed by atoms with Crippen molar-refractivity contribution >= 4 is 21.5 Å². The maximum atomic E-state index is 11.5. The van der Waals surface area contributed by atoms with E-state index in [1.54, 1.807) is 19.1 Å². The van der Waals surface area contributed by atoms with Gasteiger partial charge in [-0.25, -0.2) is 13.2 Å². The first-order chi connectivity index (χ1) is 9.93. The van der Waals surface area contributed by atoms with Gasteiger partial charge in [0.25, 0.3) is 0 Å². The molecule has 1 aromatic carbocycles. The normalized spacial score (nSPS) is 14.8. The second kappa shape index (κ2) is 6.47. The van der Waals surface area contributed by atoms with Crippen LogP contribution in [0.2, 0.25) is 0 Å². The Labute approximate surface area is 125 Å². The van der Waals surface area contributed by atoms with E-state index in [1.165, 1.54) is 0 Å². The monoisotopic (exact) mass is 311 g/mol. The van der Waals surface area contributed by atoms with Gasteiger partial charge in [0.15, 0.2) is 0 Å². The van der Waals surface area contributed by atoms with Crippen molar-refractivity contribution in [3.63, 3.8) is 0 Å². The largest absolute Gasteiger partial charge is 0.478 e. The van der Waals surface area contributed by atoms with Crippen molar-refractivity contribution in [3.8, 4) is 0 Å². The van der Waals surface area contributed by atoms with E-state index in [0.29, 0.717) is 18.5 Å². The molecule has 2 rings (SSSR count). The highest BCUT2D eigenvalue weighted by molar-refractivity contribution is 7.91. The van der Waals surface area contributed by atoms with Crippen LogP contribution < -0.4 is 4.90 Å². The first-order valence-electron chi connectivity index (χ1n) is 7.24. The minimum Gasteiger partial charge on any atom is -0.478 e. The molecule has 1 aliphatic heterocycles. The number of carboxylic acids is 1. The van der Waals surface area contributed by atoms with E-state index in [9.17, 15) is 13.2 Å². The minimum atomic E-state index is -2.92. The van der Waals surface area contributed by atoms with Crippen molar-refractivity contribution < 1.29 is 18.3 Å². The van der Waals surface area contributed by atoms with E-state index in [1.807, 2.05) is 6.07 Å². The van der Waals surface area contributed by atoms with E-state index >= 15 is 0 Å². The fourth-order valence-corrected chi connectivity index (χ4v) is 3.52. The summed E-state index contributed by atoms with van der Waals surface area (Å²) in [6.07, 6.45) is 2.45. The average Bonchev–Trinajstić information content (AvgIpc) is 2.46. The van der Waals surface area contributed by atoms with Crippen LogP contribution in [0, 0.1) is 0 Å². The van der Waals surface area contributed by atoms with Crippen molar-refractivity contribution in [3.05, 3.63) is 29.3 Å². The number of aryl methyl sites for hydroxylation is 1. The lowest BCUT2D eigenvalue weighted by Crippen LogP contribution is -2.31. The lowest BCUT2D eigenvalue weighted by Gasteiger charge is -2.31. The maximum Gasteiger partial charge on any atom is 0.335 e. The number of hydrogen-bond acceptors (Lipinski definition) is 4. The van der Waals surface area contributed by atoms with Crippen LogP contribution in [0.25, 0.3) is 0 Å². The first-order valence-corrected chi connectivity index (χ1v) is 9.06. The smallest absolute Gasteiger partial charge is 0.335 e. The number of nitrogens with zero attached hydrogens (tertiary/aromatic N) is 1. The van der Waals surface area contributed by atoms with Crippen molar-refractivity contribution in [2.45, 2.75) is 26.2 Å². The zero-order valence-corrected chi connectivity index (χ0v) is 13.0. The molecule has 0 saturated heterocycles. The van der Waals surface area contributed by atoms with Gasteiger partial charge in [-0.05, 0) is 43.0 Å². The summed E-state index contributed by atoms with van der Waals surface area (Å²) in [5.74, 6) is -0.516. The zero-order chi connectivity index (χ0) is 15.5. The third kappa shape index (κ3) is 3.97. The minimum absolute atomic E-state index is 0.186. The summed E-state index contributed by atoms with van der Waals surface area (Å²) in [5, 5.41) is 9.03. The standard InChI is InChI=1S/C15H21NO4S/c1-2-21(19,20)10-4-9-16-8-3-5-12-11-13(15(17)18)6-7-14(12)16/h6-7,11H,2-5,8-10H2,1H3,(H,17,18). The molecule has 0 unspecified atom stereocenters. The van der Waals surface area contributed by atoms with Crippen molar-refractivity contribution in [2.75, 3.05) is 29.5 Å². The molecule has 5 nitrogen and oxygen atoms in total. The number of carbonyl (C=O) groups is 1. The van der Waals surface area contributed by atoms with Gasteiger partial charge in [0.05, 0.1) is 11.3 Å². The SMILES string of the molecule is CCS(=O)(=O)CCCN1CCCc2cc(C(=O)O)ccc21. The van der Waals surface area contributed by atoms with Gasteiger partial charge in [0, 0.05) is 24.5 Å². The van der Waals surface area contributed by atoms with Gasteiger partial charge in [-0.2, -0.15) is 0 Å². The topological polar surface area (TPSA) is 74.7 Å². The molecule has 0 aliphatic carbocycles. The molecule has 1 N–H and O–H groups in total. The zero-order valence-electron chi connectivity index (χ0n) is 12.2. The van der Waals surface area contributed by atoms with Gasteiger partial charge >= 0.3 is 5.97 Å². The number of aromatic carboxylic acids is 1. The summed E-state index contributed by atoms with van der Waals surface area (Å²) in [5.41, 5.74) is 2.39. The predicted molar refractivity (Wildman–Crippen MR) is 82.9 cm³/mol. The molecule has 116 valence electrons. The molecule has 0 amide bonds. The van der Waals surface area contributed by atoms with Crippen molar-refractivity contribution in [1.29, 1.82) is 0 Å². The molecule has 1 aromatic rings. The fourth-order valence-electron chi connectivity index (χ4n) is 2.66. The third-order valence-electron chi connectivity index (χ3n) is 3.86. The molecule has 0 aromatic heterocycles. The number of benzene rings is 1. The third-order valence-corrected chi connectivity index (χ3v) is 5.65. The Kier molecular flexibility index (Phi) is 4.88. The summed E-state index contributed by atoms with van der Waals surface area (Å²) < 4.78 is 23.0. The highest BCUT2D eigenvalue weighted by atomic mass is 32.2. The summed E-state index contributed by atoms with van der Waals surface area (Å²) >= 11 is 0. The van der Waals surface area contributed by atoms with Crippen LogP contribution in [0.4, 0.5) is 5.69 Å². The maximum absolute atomic E-state index is 11.5. The molecular formula is C15H21NO4S. The molecular weight excluding hydrogens is 290 g/mol. The Morgan fingerprint density at radius 3 is 2.81 bits per heavy atom. The van der Waals surface area contributed by atoms with Crippen molar-refractivity contribution in [2.24, 2.45) is 0 Å². The number of carboxylic acid groups (broad SMARTS) is 1. The molecule has 0 atom stereocenters. The highest BCUT2D eigenvalue weighted by Crippen LogP contribution is 2.28. The summed E-state index contributed by atoms with van der Waals surface area (Å²) in [6.45, 7) is 3.25. The lowest BCUT2D eigenvalue weighted by molar-refractivity contribution is 0.0696. The van der Waals surface area contributed by atoms with Gasteiger partial charge in [0.2, 0.25) is 0 Å². The Morgan fingerprint density at radius 1 is 1.38 bits per heavy atom. The fraction of sp³-hybridized carbons (Fsp3) is 0.533. The Balaban J connectivity index is 2.06. The molecule has 0 fully saturated rings. The molecule has 21 heavy (non-hydrogen) atoms. The van der Waals surface area contributed by atoms with Crippen LogP contribution >= 0.6 is 0 Å².